The fourth-order valence-electron chi connectivity index (χ4n) is 1.86. The number of nitrogens with zero attached hydrogens (tertiary/aromatic N) is 2. The fourth-order valence-corrected chi connectivity index (χ4v) is 3.98. The summed E-state index contributed by atoms with van der Waals surface area (Å²) in [4.78, 5) is 13.4. The van der Waals surface area contributed by atoms with Crippen molar-refractivity contribution in [3.05, 3.63) is 24.3 Å². The highest BCUT2D eigenvalue weighted by Crippen LogP contribution is 2.34. The van der Waals surface area contributed by atoms with E-state index in [0.717, 1.165) is 5.69 Å². The van der Waals surface area contributed by atoms with Crippen molar-refractivity contribution in [1.82, 2.24) is 4.90 Å². The van der Waals surface area contributed by atoms with Crippen LogP contribution in [0.4, 0.5) is 11.4 Å². The van der Waals surface area contributed by atoms with Crippen LogP contribution >= 0.6 is 22.9 Å². The van der Waals surface area contributed by atoms with Gasteiger partial charge in [0, 0.05) is 19.8 Å². The van der Waals surface area contributed by atoms with E-state index in [0.29, 0.717) is 18.5 Å². The van der Waals surface area contributed by atoms with E-state index in [1.807, 2.05) is 28.9 Å². The van der Waals surface area contributed by atoms with Crippen molar-refractivity contribution in [2.24, 2.45) is 0 Å². The van der Waals surface area contributed by atoms with Gasteiger partial charge in [0.2, 0.25) is 15.9 Å². The Morgan fingerprint density at radius 3 is 2.57 bits per heavy atom. The number of rotatable bonds is 6. The molecule has 6 nitrogen and oxygen atoms in total. The van der Waals surface area contributed by atoms with E-state index >= 15 is 0 Å². The van der Waals surface area contributed by atoms with Crippen LogP contribution in [-0.4, -0.2) is 45.1 Å². The van der Waals surface area contributed by atoms with Crippen LogP contribution in [0.3, 0.4) is 0 Å². The summed E-state index contributed by atoms with van der Waals surface area (Å²) in [5, 5.41) is -0.358. The van der Waals surface area contributed by atoms with Gasteiger partial charge in [0.1, 0.15) is 6.54 Å². The van der Waals surface area contributed by atoms with Crippen LogP contribution in [0.25, 0.3) is 0 Å². The first-order valence-corrected chi connectivity index (χ1v) is 9.13. The third kappa shape index (κ3) is 3.79. The third-order valence-electron chi connectivity index (χ3n) is 3.27. The summed E-state index contributed by atoms with van der Waals surface area (Å²) in [5.74, 6) is -0.243. The molecule has 1 saturated carbocycles. The van der Waals surface area contributed by atoms with Crippen LogP contribution in [0.2, 0.25) is 0 Å². The number of amides is 1. The smallest absolute Gasteiger partial charge is 0.242 e. The molecule has 0 saturated heterocycles. The molecular formula is C13H18IN3O3S. The van der Waals surface area contributed by atoms with E-state index in [2.05, 4.69) is 3.53 Å². The van der Waals surface area contributed by atoms with Crippen LogP contribution in [0, 0.1) is 0 Å². The molecule has 0 aliphatic heterocycles. The van der Waals surface area contributed by atoms with Crippen LogP contribution in [0.15, 0.2) is 24.3 Å². The summed E-state index contributed by atoms with van der Waals surface area (Å²) < 4.78 is 29.3. The van der Waals surface area contributed by atoms with Crippen LogP contribution in [0.1, 0.15) is 12.8 Å². The minimum Gasteiger partial charge on any atom is -0.347 e. The van der Waals surface area contributed by atoms with Gasteiger partial charge in [0.25, 0.3) is 0 Å². The molecule has 2 rings (SSSR count). The van der Waals surface area contributed by atoms with Crippen LogP contribution in [0.5, 0.6) is 0 Å². The fraction of sp³-hybridized carbons (Fsp3) is 0.462. The summed E-state index contributed by atoms with van der Waals surface area (Å²) in [6.45, 7) is -0.170. The van der Waals surface area contributed by atoms with Gasteiger partial charge >= 0.3 is 0 Å². The van der Waals surface area contributed by atoms with Crippen LogP contribution in [-0.2, 0) is 14.8 Å². The molecule has 8 heteroatoms. The SMILES string of the molecule is CN(C)C(=O)CN(c1cccc(NI)c1)S(=O)(=O)C1CC1. The molecule has 0 aromatic heterocycles. The molecule has 21 heavy (non-hydrogen) atoms. The van der Waals surface area contributed by atoms with E-state index in [1.54, 1.807) is 32.3 Å². The number of sulfonamides is 1. The van der Waals surface area contributed by atoms with Gasteiger partial charge in [-0.2, -0.15) is 0 Å². The Morgan fingerprint density at radius 1 is 1.38 bits per heavy atom. The molecule has 1 aromatic carbocycles. The molecule has 0 bridgehead atoms. The average Bonchev–Trinajstić information content (AvgIpc) is 3.29. The lowest BCUT2D eigenvalue weighted by molar-refractivity contribution is -0.127. The molecular weight excluding hydrogens is 405 g/mol. The summed E-state index contributed by atoms with van der Waals surface area (Å²) in [6, 6.07) is 7.05. The Hall–Kier alpha value is -1.03. The molecule has 0 atom stereocenters. The van der Waals surface area contributed by atoms with Crippen molar-refractivity contribution in [3.8, 4) is 0 Å². The van der Waals surface area contributed by atoms with Crippen molar-refractivity contribution in [2.75, 3.05) is 28.5 Å². The number of hydrogen-bond donors (Lipinski definition) is 1. The number of hydrogen-bond acceptors (Lipinski definition) is 4. The Balaban J connectivity index is 2.37. The van der Waals surface area contributed by atoms with E-state index in [4.69, 9.17) is 0 Å². The first kappa shape index (κ1) is 16.3. The Kier molecular flexibility index (Phi) is 4.97. The monoisotopic (exact) mass is 423 g/mol. The van der Waals surface area contributed by atoms with Gasteiger partial charge in [0.05, 0.1) is 33.8 Å². The van der Waals surface area contributed by atoms with Crippen molar-refractivity contribution in [2.45, 2.75) is 18.1 Å². The maximum Gasteiger partial charge on any atom is 0.242 e. The van der Waals surface area contributed by atoms with Gasteiger partial charge in [-0.3, -0.25) is 9.10 Å². The van der Waals surface area contributed by atoms with Gasteiger partial charge in [0.15, 0.2) is 0 Å². The minimum absolute atomic E-state index is 0.170. The highest BCUT2D eigenvalue weighted by atomic mass is 127. The second-order valence-corrected chi connectivity index (χ2v) is 7.86. The second kappa shape index (κ2) is 6.39. The van der Waals surface area contributed by atoms with Crippen molar-refractivity contribution in [3.63, 3.8) is 0 Å². The lowest BCUT2D eigenvalue weighted by Gasteiger charge is -2.25. The van der Waals surface area contributed by atoms with Gasteiger partial charge in [-0.15, -0.1) is 0 Å². The average molecular weight is 423 g/mol. The maximum absolute atomic E-state index is 12.6. The largest absolute Gasteiger partial charge is 0.347 e. The van der Waals surface area contributed by atoms with E-state index < -0.39 is 10.0 Å². The first-order valence-electron chi connectivity index (χ1n) is 6.54. The highest BCUT2D eigenvalue weighted by molar-refractivity contribution is 14.1. The predicted octanol–water partition coefficient (Wildman–Crippen LogP) is 1.84. The Bertz CT molecular complexity index is 629. The standard InChI is InChI=1S/C13H18IN3O3S/c1-16(2)13(18)9-17(21(19,20)12-6-7-12)11-5-3-4-10(8-11)15-14/h3-5,8,12,15H,6-7,9H2,1-2H3. The quantitative estimate of drug-likeness (QED) is 0.560. The maximum atomic E-state index is 12.6. The number of nitrogens with one attached hydrogen (secondary N) is 1. The number of benzene rings is 1. The molecule has 0 heterocycles. The first-order chi connectivity index (χ1) is 9.86. The molecule has 1 amide bonds. The number of anilines is 2. The van der Waals surface area contributed by atoms with Gasteiger partial charge < -0.3 is 8.43 Å². The predicted molar refractivity (Wildman–Crippen MR) is 92.1 cm³/mol. The molecule has 0 radical (unpaired) electrons. The van der Waals surface area contributed by atoms with Gasteiger partial charge in [-0.05, 0) is 31.0 Å². The van der Waals surface area contributed by atoms with Gasteiger partial charge in [-0.25, -0.2) is 8.42 Å². The summed E-state index contributed by atoms with van der Waals surface area (Å²) in [7, 11) is -0.243. The zero-order valence-corrected chi connectivity index (χ0v) is 14.9. The molecule has 1 N–H and O–H groups in total. The molecule has 0 unspecified atom stereocenters. The molecule has 1 aliphatic rings. The zero-order chi connectivity index (χ0) is 15.6. The van der Waals surface area contributed by atoms with E-state index in [9.17, 15) is 13.2 Å². The number of halogens is 1. The number of likely N-dealkylation sites (N-methyl/N-ethyl adjacent to an activating group) is 1. The van der Waals surface area contributed by atoms with E-state index in [1.165, 1.54) is 9.21 Å². The van der Waals surface area contributed by atoms with Gasteiger partial charge in [-0.1, -0.05) is 6.07 Å². The minimum atomic E-state index is -3.48. The second-order valence-electron chi connectivity index (χ2n) is 5.18. The van der Waals surface area contributed by atoms with Crippen molar-refractivity contribution < 1.29 is 13.2 Å². The Labute approximate surface area is 139 Å². The summed E-state index contributed by atoms with van der Waals surface area (Å²) in [5.41, 5.74) is 1.31. The number of carbonyl (C=O) groups is 1. The zero-order valence-electron chi connectivity index (χ0n) is 11.9. The Morgan fingerprint density at radius 2 is 2.05 bits per heavy atom. The topological polar surface area (TPSA) is 69.7 Å². The molecule has 1 aromatic rings. The summed E-state index contributed by atoms with van der Waals surface area (Å²) in [6.07, 6.45) is 1.33. The lowest BCUT2D eigenvalue weighted by atomic mass is 10.3. The number of carbonyl (C=O) groups excluding carboxylic acids is 1. The lowest BCUT2D eigenvalue weighted by Crippen LogP contribution is -2.41. The molecule has 116 valence electrons. The molecule has 0 spiro atoms. The van der Waals surface area contributed by atoms with Crippen LogP contribution < -0.4 is 7.84 Å². The van der Waals surface area contributed by atoms with Crippen molar-refractivity contribution in [1.29, 1.82) is 0 Å². The highest BCUT2D eigenvalue weighted by Gasteiger charge is 2.41. The molecule has 1 fully saturated rings. The van der Waals surface area contributed by atoms with Crippen molar-refractivity contribution >= 4 is 50.2 Å². The normalized spacial score (nSPS) is 14.6. The van der Waals surface area contributed by atoms with E-state index in [-0.39, 0.29) is 17.7 Å². The third-order valence-corrected chi connectivity index (χ3v) is 6.16. The molecule has 1 aliphatic carbocycles. The summed E-state index contributed by atoms with van der Waals surface area (Å²) >= 11 is 1.98.